The SMILES string of the molecule is CC(C)(C)c1ccc2c(c1)c1cc(C(C)(C)C)ccc1n2-c1cccc(Cl)c1[Si](C)(C)C. The molecule has 3 aromatic carbocycles. The summed E-state index contributed by atoms with van der Waals surface area (Å²) in [4.78, 5) is 0. The first-order valence-corrected chi connectivity index (χ1v) is 15.5. The molecule has 168 valence electrons. The second kappa shape index (κ2) is 7.50. The Hall–Kier alpha value is -2.03. The Morgan fingerprint density at radius 2 is 1.16 bits per heavy atom. The van der Waals surface area contributed by atoms with Crippen LogP contribution in [0.2, 0.25) is 24.7 Å². The van der Waals surface area contributed by atoms with Gasteiger partial charge in [-0.05, 0) is 63.5 Å². The molecule has 0 bridgehead atoms. The van der Waals surface area contributed by atoms with Crippen LogP contribution in [0.15, 0.2) is 54.6 Å². The molecule has 0 atom stereocenters. The zero-order chi connectivity index (χ0) is 23.6. The summed E-state index contributed by atoms with van der Waals surface area (Å²) in [6.45, 7) is 20.8. The highest BCUT2D eigenvalue weighted by Crippen LogP contribution is 2.37. The fraction of sp³-hybridized carbons (Fsp3) is 0.379. The van der Waals surface area contributed by atoms with Crippen molar-refractivity contribution in [2.75, 3.05) is 0 Å². The van der Waals surface area contributed by atoms with Crippen molar-refractivity contribution in [2.24, 2.45) is 0 Å². The molecule has 4 rings (SSSR count). The van der Waals surface area contributed by atoms with Gasteiger partial charge in [0.1, 0.15) is 0 Å². The molecule has 0 saturated heterocycles. The van der Waals surface area contributed by atoms with Crippen LogP contribution in [0.1, 0.15) is 52.7 Å². The Labute approximate surface area is 199 Å². The minimum absolute atomic E-state index is 0.101. The van der Waals surface area contributed by atoms with Crippen molar-refractivity contribution in [1.29, 1.82) is 0 Å². The molecule has 1 aromatic heterocycles. The third-order valence-electron chi connectivity index (χ3n) is 6.48. The minimum atomic E-state index is -1.69. The molecule has 1 heterocycles. The van der Waals surface area contributed by atoms with Crippen LogP contribution < -0.4 is 5.19 Å². The monoisotopic (exact) mass is 461 g/mol. The van der Waals surface area contributed by atoms with Crippen molar-refractivity contribution >= 4 is 46.7 Å². The van der Waals surface area contributed by atoms with Gasteiger partial charge in [-0.25, -0.2) is 0 Å². The van der Waals surface area contributed by atoms with Gasteiger partial charge in [0.15, 0.2) is 0 Å². The Morgan fingerprint density at radius 3 is 1.56 bits per heavy atom. The third kappa shape index (κ3) is 3.93. The Morgan fingerprint density at radius 1 is 0.688 bits per heavy atom. The molecular weight excluding hydrogens is 426 g/mol. The number of hydrogen-bond acceptors (Lipinski definition) is 0. The summed E-state index contributed by atoms with van der Waals surface area (Å²) in [5.74, 6) is 0. The lowest BCUT2D eigenvalue weighted by atomic mass is 9.85. The molecule has 0 unspecified atom stereocenters. The molecule has 4 aromatic rings. The Kier molecular flexibility index (Phi) is 5.42. The van der Waals surface area contributed by atoms with Crippen LogP contribution in [0, 0.1) is 0 Å². The number of aromatic nitrogens is 1. The smallest absolute Gasteiger partial charge is 0.0823 e. The van der Waals surface area contributed by atoms with E-state index in [4.69, 9.17) is 11.6 Å². The first kappa shape index (κ1) is 23.1. The number of benzene rings is 3. The van der Waals surface area contributed by atoms with Crippen LogP contribution in [0.25, 0.3) is 27.5 Å². The average molecular weight is 462 g/mol. The van der Waals surface area contributed by atoms with E-state index >= 15 is 0 Å². The topological polar surface area (TPSA) is 4.93 Å². The predicted octanol–water partition coefficient (Wildman–Crippen LogP) is 8.58. The first-order chi connectivity index (χ1) is 14.7. The van der Waals surface area contributed by atoms with E-state index in [1.807, 2.05) is 6.07 Å². The van der Waals surface area contributed by atoms with Gasteiger partial charge in [0.05, 0.1) is 19.1 Å². The Balaban J connectivity index is 2.18. The summed E-state index contributed by atoms with van der Waals surface area (Å²) in [5, 5.41) is 4.84. The zero-order valence-electron chi connectivity index (χ0n) is 21.0. The normalized spacial score (nSPS) is 13.3. The molecule has 0 aliphatic carbocycles. The molecule has 1 nitrogen and oxygen atoms in total. The summed E-state index contributed by atoms with van der Waals surface area (Å²) >= 11 is 6.82. The van der Waals surface area contributed by atoms with Crippen molar-refractivity contribution in [3.63, 3.8) is 0 Å². The molecular formula is C29H36ClNSi. The molecule has 3 heteroatoms. The van der Waals surface area contributed by atoms with Gasteiger partial charge in [0.2, 0.25) is 0 Å². The van der Waals surface area contributed by atoms with Crippen LogP contribution in [-0.4, -0.2) is 12.6 Å². The number of fused-ring (bicyclic) bond motifs is 3. The summed E-state index contributed by atoms with van der Waals surface area (Å²) in [6, 6.07) is 20.4. The van der Waals surface area contributed by atoms with Gasteiger partial charge in [0, 0.05) is 21.5 Å². The fourth-order valence-electron chi connectivity index (χ4n) is 4.66. The van der Waals surface area contributed by atoms with Crippen molar-refractivity contribution in [3.05, 3.63) is 70.7 Å². The van der Waals surface area contributed by atoms with Gasteiger partial charge < -0.3 is 4.57 Å². The lowest BCUT2D eigenvalue weighted by Crippen LogP contribution is -2.41. The molecule has 0 spiro atoms. The number of nitrogens with zero attached hydrogens (tertiary/aromatic N) is 1. The highest BCUT2D eigenvalue weighted by atomic mass is 35.5. The second-order valence-corrected chi connectivity index (χ2v) is 17.6. The number of rotatable bonds is 2. The van der Waals surface area contributed by atoms with Gasteiger partial charge >= 0.3 is 0 Å². The van der Waals surface area contributed by atoms with Gasteiger partial charge in [-0.1, -0.05) is 91.0 Å². The molecule has 0 aliphatic heterocycles. The van der Waals surface area contributed by atoms with E-state index in [-0.39, 0.29) is 10.8 Å². The summed E-state index contributed by atoms with van der Waals surface area (Å²) in [5.41, 5.74) is 6.65. The van der Waals surface area contributed by atoms with Gasteiger partial charge in [-0.2, -0.15) is 0 Å². The van der Waals surface area contributed by atoms with Gasteiger partial charge in [0.25, 0.3) is 0 Å². The highest BCUT2D eigenvalue weighted by molar-refractivity contribution is 6.91. The second-order valence-electron chi connectivity index (χ2n) is 12.2. The maximum atomic E-state index is 6.82. The van der Waals surface area contributed by atoms with E-state index in [1.54, 1.807) is 0 Å². The first-order valence-electron chi connectivity index (χ1n) is 11.6. The van der Waals surface area contributed by atoms with E-state index in [0.29, 0.717) is 0 Å². The van der Waals surface area contributed by atoms with Crippen molar-refractivity contribution in [2.45, 2.75) is 72.0 Å². The van der Waals surface area contributed by atoms with E-state index < -0.39 is 8.07 Å². The van der Waals surface area contributed by atoms with Gasteiger partial charge in [-0.15, -0.1) is 0 Å². The largest absolute Gasteiger partial charge is 0.309 e. The molecule has 0 fully saturated rings. The molecule has 32 heavy (non-hydrogen) atoms. The quantitative estimate of drug-likeness (QED) is 0.263. The maximum Gasteiger partial charge on any atom is 0.0823 e. The van der Waals surface area contributed by atoms with Gasteiger partial charge in [-0.3, -0.25) is 0 Å². The van der Waals surface area contributed by atoms with E-state index in [9.17, 15) is 0 Å². The van der Waals surface area contributed by atoms with Crippen molar-refractivity contribution in [1.82, 2.24) is 4.57 Å². The number of halogens is 1. The average Bonchev–Trinajstić information content (AvgIpc) is 2.98. The molecule has 0 aliphatic rings. The van der Waals surface area contributed by atoms with Crippen LogP contribution in [0.3, 0.4) is 0 Å². The van der Waals surface area contributed by atoms with Crippen LogP contribution >= 0.6 is 11.6 Å². The summed E-state index contributed by atoms with van der Waals surface area (Å²) in [6.07, 6.45) is 0. The predicted molar refractivity (Wildman–Crippen MR) is 146 cm³/mol. The zero-order valence-corrected chi connectivity index (χ0v) is 22.8. The summed E-state index contributed by atoms with van der Waals surface area (Å²) in [7, 11) is -1.69. The third-order valence-corrected chi connectivity index (χ3v) is 8.98. The van der Waals surface area contributed by atoms with Crippen molar-refractivity contribution in [3.8, 4) is 5.69 Å². The lowest BCUT2D eigenvalue weighted by molar-refractivity contribution is 0.590. The van der Waals surface area contributed by atoms with E-state index in [0.717, 1.165) is 5.02 Å². The van der Waals surface area contributed by atoms with Crippen LogP contribution in [-0.2, 0) is 10.8 Å². The standard InChI is InChI=1S/C29H36ClNSi/c1-28(2,3)19-13-15-24-21(17-19)22-18-20(29(4,5)6)14-16-25(22)31(24)26-12-10-11-23(30)27(26)32(7,8)9/h10-18H,1-9H3. The molecule has 0 amide bonds. The summed E-state index contributed by atoms with van der Waals surface area (Å²) < 4.78 is 2.45. The molecule has 0 N–H and O–H groups in total. The van der Waals surface area contributed by atoms with E-state index in [2.05, 4.69) is 114 Å². The molecule has 0 saturated carbocycles. The number of hydrogen-bond donors (Lipinski definition) is 0. The minimum Gasteiger partial charge on any atom is -0.309 e. The van der Waals surface area contributed by atoms with E-state index in [1.165, 1.54) is 43.8 Å². The lowest BCUT2D eigenvalue weighted by Gasteiger charge is -2.24. The Bertz CT molecular complexity index is 1250. The fourth-order valence-corrected chi connectivity index (χ4v) is 7.44. The highest BCUT2D eigenvalue weighted by Gasteiger charge is 2.27. The van der Waals surface area contributed by atoms with Crippen molar-refractivity contribution < 1.29 is 0 Å². The van der Waals surface area contributed by atoms with Crippen LogP contribution in [0.4, 0.5) is 0 Å². The maximum absolute atomic E-state index is 6.82. The van der Waals surface area contributed by atoms with Crippen LogP contribution in [0.5, 0.6) is 0 Å². The molecule has 0 radical (unpaired) electrons.